The minimum Gasteiger partial charge on any atom is -0.490 e. The van der Waals surface area contributed by atoms with E-state index in [1.54, 1.807) is 49.1 Å². The summed E-state index contributed by atoms with van der Waals surface area (Å²) in [5.41, 5.74) is 1.05. The van der Waals surface area contributed by atoms with Gasteiger partial charge in [-0.3, -0.25) is 14.4 Å². The Morgan fingerprint density at radius 3 is 2.67 bits per heavy atom. The second kappa shape index (κ2) is 8.26. The predicted molar refractivity (Wildman–Crippen MR) is 110 cm³/mol. The van der Waals surface area contributed by atoms with Crippen LogP contribution in [0.4, 0.5) is 5.69 Å². The van der Waals surface area contributed by atoms with Crippen molar-refractivity contribution in [2.24, 2.45) is 5.92 Å². The summed E-state index contributed by atoms with van der Waals surface area (Å²) >= 11 is 0. The third kappa shape index (κ3) is 4.28. The number of likely N-dealkylation sites (N-methyl/N-ethyl adjacent to an activating group) is 1. The van der Waals surface area contributed by atoms with Crippen molar-refractivity contribution in [3.63, 3.8) is 0 Å². The molecule has 0 radical (unpaired) electrons. The van der Waals surface area contributed by atoms with E-state index in [1.807, 2.05) is 0 Å². The number of ether oxygens (including phenoxy) is 2. The molecule has 1 saturated heterocycles. The van der Waals surface area contributed by atoms with Crippen LogP contribution < -0.4 is 10.1 Å². The first-order valence-corrected chi connectivity index (χ1v) is 10.5. The van der Waals surface area contributed by atoms with Gasteiger partial charge in [0.1, 0.15) is 18.5 Å². The average molecular weight is 415 g/mol. The molecule has 2 fully saturated rings. The lowest BCUT2D eigenvalue weighted by molar-refractivity contribution is -0.140. The van der Waals surface area contributed by atoms with Crippen LogP contribution in [0.5, 0.6) is 5.75 Å². The van der Waals surface area contributed by atoms with Crippen LogP contribution in [0.15, 0.2) is 18.2 Å². The lowest BCUT2D eigenvalue weighted by Gasteiger charge is -2.42. The molecule has 0 aromatic heterocycles. The van der Waals surface area contributed by atoms with E-state index in [4.69, 9.17) is 9.47 Å². The van der Waals surface area contributed by atoms with E-state index in [0.717, 1.165) is 19.3 Å². The maximum atomic E-state index is 13.2. The van der Waals surface area contributed by atoms with Gasteiger partial charge in [-0.15, -0.1) is 0 Å². The Balaban J connectivity index is 1.49. The fourth-order valence-corrected chi connectivity index (χ4v) is 4.07. The fourth-order valence-electron chi connectivity index (χ4n) is 4.07. The number of benzene rings is 1. The SMILES string of the molecule is CN(C)C(=O)C[C@H]1CC[C@H]2[C@@H](COc3ccc(NC(=O)C4CC4)cc3C(=O)N2C)O1. The fraction of sp³-hybridized carbons (Fsp3) is 0.591. The third-order valence-corrected chi connectivity index (χ3v) is 6.13. The molecule has 4 rings (SSSR count). The van der Waals surface area contributed by atoms with E-state index in [2.05, 4.69) is 5.32 Å². The quantitative estimate of drug-likeness (QED) is 0.811. The number of nitrogens with zero attached hydrogens (tertiary/aromatic N) is 2. The first-order chi connectivity index (χ1) is 14.3. The van der Waals surface area contributed by atoms with E-state index in [0.29, 0.717) is 36.4 Å². The molecule has 2 heterocycles. The largest absolute Gasteiger partial charge is 0.490 e. The van der Waals surface area contributed by atoms with Gasteiger partial charge in [-0.1, -0.05) is 0 Å². The average Bonchev–Trinajstić information content (AvgIpc) is 3.56. The van der Waals surface area contributed by atoms with E-state index in [9.17, 15) is 14.4 Å². The molecule has 1 N–H and O–H groups in total. The van der Waals surface area contributed by atoms with Crippen molar-refractivity contribution >= 4 is 23.4 Å². The number of anilines is 1. The highest BCUT2D eigenvalue weighted by molar-refractivity contribution is 6.00. The number of amides is 3. The molecule has 1 aromatic rings. The van der Waals surface area contributed by atoms with Crippen LogP contribution in [0.2, 0.25) is 0 Å². The van der Waals surface area contributed by atoms with Gasteiger partial charge in [0.25, 0.3) is 5.91 Å². The summed E-state index contributed by atoms with van der Waals surface area (Å²) in [7, 11) is 5.24. The van der Waals surface area contributed by atoms with Gasteiger partial charge in [0.15, 0.2) is 0 Å². The molecule has 0 bridgehead atoms. The lowest BCUT2D eigenvalue weighted by atomic mass is 9.94. The van der Waals surface area contributed by atoms with Gasteiger partial charge in [0, 0.05) is 32.7 Å². The van der Waals surface area contributed by atoms with Gasteiger partial charge in [0.2, 0.25) is 11.8 Å². The smallest absolute Gasteiger partial charge is 0.257 e. The monoisotopic (exact) mass is 415 g/mol. The van der Waals surface area contributed by atoms with Gasteiger partial charge >= 0.3 is 0 Å². The number of hydrogen-bond donors (Lipinski definition) is 1. The number of hydrogen-bond acceptors (Lipinski definition) is 5. The van der Waals surface area contributed by atoms with E-state index in [-0.39, 0.29) is 41.9 Å². The first-order valence-electron chi connectivity index (χ1n) is 10.5. The van der Waals surface area contributed by atoms with Crippen molar-refractivity contribution in [1.82, 2.24) is 9.80 Å². The summed E-state index contributed by atoms with van der Waals surface area (Å²) in [4.78, 5) is 40.6. The maximum absolute atomic E-state index is 13.2. The normalized spacial score (nSPS) is 25.9. The molecular formula is C22H29N3O5. The standard InChI is InChI=1S/C22H29N3O5/c1-24(2)20(26)11-15-7-8-17-19(30-15)12-29-18-9-6-14(23-21(27)13-4-5-13)10-16(18)22(28)25(17)3/h6,9-10,13,15,17,19H,4-5,7-8,11-12H2,1-3H3,(H,23,27)/t15-,17+,19-/m1/s1. The number of nitrogens with one attached hydrogen (secondary N) is 1. The third-order valence-electron chi connectivity index (χ3n) is 6.13. The number of carbonyl (C=O) groups is 3. The zero-order valence-corrected chi connectivity index (χ0v) is 17.7. The van der Waals surface area contributed by atoms with Crippen LogP contribution in [0.25, 0.3) is 0 Å². The number of fused-ring (bicyclic) bond motifs is 2. The Hall–Kier alpha value is -2.61. The summed E-state index contributed by atoms with van der Waals surface area (Å²) in [6.07, 6.45) is 3.16. The van der Waals surface area contributed by atoms with Gasteiger partial charge < -0.3 is 24.6 Å². The second-order valence-corrected chi connectivity index (χ2v) is 8.64. The van der Waals surface area contributed by atoms with E-state index in [1.165, 1.54) is 0 Å². The zero-order chi connectivity index (χ0) is 21.4. The Morgan fingerprint density at radius 2 is 1.97 bits per heavy atom. The molecule has 0 spiro atoms. The van der Waals surface area contributed by atoms with Gasteiger partial charge in [-0.2, -0.15) is 0 Å². The van der Waals surface area contributed by atoms with Crippen LogP contribution >= 0.6 is 0 Å². The minimum atomic E-state index is -0.296. The number of rotatable bonds is 4. The Bertz CT molecular complexity index is 851. The van der Waals surface area contributed by atoms with E-state index >= 15 is 0 Å². The zero-order valence-electron chi connectivity index (χ0n) is 17.7. The Kier molecular flexibility index (Phi) is 5.69. The second-order valence-electron chi connectivity index (χ2n) is 8.64. The summed E-state index contributed by atoms with van der Waals surface area (Å²) < 4.78 is 12.1. The highest BCUT2D eigenvalue weighted by Gasteiger charge is 2.39. The van der Waals surface area contributed by atoms with E-state index < -0.39 is 0 Å². The van der Waals surface area contributed by atoms with Crippen LogP contribution in [0.3, 0.4) is 0 Å². The first kappa shape index (κ1) is 20.7. The molecule has 3 aliphatic rings. The van der Waals surface area contributed by atoms with Crippen molar-refractivity contribution in [3.05, 3.63) is 23.8 Å². The van der Waals surface area contributed by atoms with Gasteiger partial charge in [-0.25, -0.2) is 0 Å². The van der Waals surface area contributed by atoms with Crippen molar-refractivity contribution in [1.29, 1.82) is 0 Å². The Morgan fingerprint density at radius 1 is 1.20 bits per heavy atom. The predicted octanol–water partition coefficient (Wildman–Crippen LogP) is 1.89. The highest BCUT2D eigenvalue weighted by atomic mass is 16.5. The molecule has 162 valence electrons. The molecule has 1 aliphatic carbocycles. The minimum absolute atomic E-state index is 0.00146. The van der Waals surface area contributed by atoms with Crippen molar-refractivity contribution in [2.75, 3.05) is 33.1 Å². The molecule has 1 aromatic carbocycles. The molecule has 1 saturated carbocycles. The number of carbonyl (C=O) groups excluding carboxylic acids is 3. The van der Waals surface area contributed by atoms with Crippen molar-refractivity contribution in [3.8, 4) is 5.75 Å². The van der Waals surface area contributed by atoms with Crippen LogP contribution in [-0.2, 0) is 14.3 Å². The molecule has 2 aliphatic heterocycles. The van der Waals surface area contributed by atoms with Crippen LogP contribution in [0, 0.1) is 5.92 Å². The topological polar surface area (TPSA) is 88.2 Å². The lowest BCUT2D eigenvalue weighted by Crippen LogP contribution is -2.53. The summed E-state index contributed by atoms with van der Waals surface area (Å²) in [5, 5.41) is 2.89. The molecular weight excluding hydrogens is 386 g/mol. The molecule has 0 unspecified atom stereocenters. The molecule has 3 amide bonds. The summed E-state index contributed by atoms with van der Waals surface area (Å²) in [6, 6.07) is 5.05. The molecule has 8 heteroatoms. The Labute approximate surface area is 176 Å². The van der Waals surface area contributed by atoms with Crippen molar-refractivity contribution in [2.45, 2.75) is 50.4 Å². The summed E-state index contributed by atoms with van der Waals surface area (Å²) in [5.74, 6) is 0.440. The van der Waals surface area contributed by atoms with Crippen molar-refractivity contribution < 1.29 is 23.9 Å². The maximum Gasteiger partial charge on any atom is 0.257 e. The van der Waals surface area contributed by atoms with Crippen LogP contribution in [-0.4, -0.2) is 73.5 Å². The molecule has 8 nitrogen and oxygen atoms in total. The highest BCUT2D eigenvalue weighted by Crippen LogP contribution is 2.34. The summed E-state index contributed by atoms with van der Waals surface area (Å²) in [6.45, 7) is 0.301. The molecule has 3 atom stereocenters. The van der Waals surface area contributed by atoms with Crippen LogP contribution in [0.1, 0.15) is 42.5 Å². The van der Waals surface area contributed by atoms with Gasteiger partial charge in [-0.05, 0) is 43.9 Å². The van der Waals surface area contributed by atoms with Gasteiger partial charge in [0.05, 0.1) is 24.1 Å². The molecule has 30 heavy (non-hydrogen) atoms.